The molecule has 0 radical (unpaired) electrons. The van der Waals surface area contributed by atoms with Crippen LogP contribution in [0.5, 0.6) is 0 Å². The van der Waals surface area contributed by atoms with E-state index in [0.29, 0.717) is 5.75 Å². The Morgan fingerprint density at radius 2 is 2.20 bits per heavy atom. The molecule has 0 rings (SSSR count). The lowest BCUT2D eigenvalue weighted by Gasteiger charge is -2.16. The predicted molar refractivity (Wildman–Crippen MR) is 39.8 cm³/mol. The van der Waals surface area contributed by atoms with E-state index in [4.69, 9.17) is 0 Å². The molecule has 0 saturated carbocycles. The summed E-state index contributed by atoms with van der Waals surface area (Å²) in [5.41, 5.74) is -0.677. The minimum absolute atomic E-state index is 0.132. The van der Waals surface area contributed by atoms with Crippen molar-refractivity contribution in [3.05, 3.63) is 0 Å². The third-order valence-electron chi connectivity index (χ3n) is 1.10. The third kappa shape index (κ3) is 2.39. The van der Waals surface area contributed by atoms with E-state index in [1.54, 1.807) is 13.8 Å². The molecule has 0 unspecified atom stereocenters. The SMILES string of the molecule is CC(C)(CS)C(=O)OC=O. The monoisotopic (exact) mass is 162 g/mol. The summed E-state index contributed by atoms with van der Waals surface area (Å²) < 4.78 is 4.13. The fourth-order valence-corrected chi connectivity index (χ4v) is 0.397. The lowest BCUT2D eigenvalue weighted by atomic mass is 9.97. The van der Waals surface area contributed by atoms with Crippen LogP contribution in [0, 0.1) is 5.41 Å². The summed E-state index contributed by atoms with van der Waals surface area (Å²) in [5.74, 6) is -0.183. The molecule has 0 atom stereocenters. The molecule has 0 N–H and O–H groups in total. The summed E-state index contributed by atoms with van der Waals surface area (Å²) in [6.45, 7) is 3.45. The van der Waals surface area contributed by atoms with E-state index < -0.39 is 11.4 Å². The van der Waals surface area contributed by atoms with E-state index in [9.17, 15) is 9.59 Å². The first-order valence-electron chi connectivity index (χ1n) is 2.80. The maximum atomic E-state index is 10.8. The number of ether oxygens (including phenoxy) is 1. The fourth-order valence-electron chi connectivity index (χ4n) is 0.268. The van der Waals surface area contributed by atoms with Crippen molar-refractivity contribution >= 4 is 25.1 Å². The average molecular weight is 162 g/mol. The number of hydrogen-bond donors (Lipinski definition) is 1. The zero-order valence-electron chi connectivity index (χ0n) is 5.96. The molecule has 0 fully saturated rings. The zero-order chi connectivity index (χ0) is 8.20. The van der Waals surface area contributed by atoms with Crippen molar-refractivity contribution in [2.75, 3.05) is 5.75 Å². The van der Waals surface area contributed by atoms with Gasteiger partial charge in [0.25, 0.3) is 0 Å². The largest absolute Gasteiger partial charge is 0.395 e. The van der Waals surface area contributed by atoms with Gasteiger partial charge in [-0.2, -0.15) is 12.6 Å². The maximum Gasteiger partial charge on any atom is 0.319 e. The second-order valence-electron chi connectivity index (χ2n) is 2.54. The van der Waals surface area contributed by atoms with Crippen molar-refractivity contribution in [3.63, 3.8) is 0 Å². The van der Waals surface area contributed by atoms with Gasteiger partial charge in [0.15, 0.2) is 0 Å². The molecule has 58 valence electrons. The summed E-state index contributed by atoms with van der Waals surface area (Å²) in [7, 11) is 0. The molecule has 0 spiro atoms. The van der Waals surface area contributed by atoms with Gasteiger partial charge in [0.05, 0.1) is 5.41 Å². The van der Waals surface area contributed by atoms with Gasteiger partial charge in [-0.3, -0.25) is 9.59 Å². The topological polar surface area (TPSA) is 43.4 Å². The van der Waals surface area contributed by atoms with E-state index in [-0.39, 0.29) is 6.47 Å². The molecule has 0 aliphatic heterocycles. The highest BCUT2D eigenvalue weighted by Gasteiger charge is 2.27. The minimum Gasteiger partial charge on any atom is -0.395 e. The first-order chi connectivity index (χ1) is 4.54. The predicted octanol–water partition coefficient (Wildman–Crippen LogP) is 0.642. The summed E-state index contributed by atoms with van der Waals surface area (Å²) >= 11 is 3.92. The summed E-state index contributed by atoms with van der Waals surface area (Å²) in [5, 5.41) is 0. The van der Waals surface area contributed by atoms with E-state index in [2.05, 4.69) is 17.4 Å². The Labute approximate surface area is 65.2 Å². The van der Waals surface area contributed by atoms with Gasteiger partial charge < -0.3 is 4.74 Å². The Kier molecular flexibility index (Phi) is 3.42. The molecule has 0 aromatic rings. The fraction of sp³-hybridized carbons (Fsp3) is 0.667. The second-order valence-corrected chi connectivity index (χ2v) is 2.86. The lowest BCUT2D eigenvalue weighted by molar-refractivity contribution is -0.158. The van der Waals surface area contributed by atoms with Gasteiger partial charge in [-0.25, -0.2) is 0 Å². The highest BCUT2D eigenvalue weighted by atomic mass is 32.1. The molecule has 10 heavy (non-hydrogen) atoms. The Morgan fingerprint density at radius 1 is 1.70 bits per heavy atom. The molecule has 0 amide bonds. The summed E-state index contributed by atoms with van der Waals surface area (Å²) in [6.07, 6.45) is 0. The van der Waals surface area contributed by atoms with Crippen LogP contribution in [0.4, 0.5) is 0 Å². The molecular formula is C6H10O3S. The Balaban J connectivity index is 4.03. The van der Waals surface area contributed by atoms with Gasteiger partial charge in [-0.05, 0) is 13.8 Å². The number of carbonyl (C=O) groups is 2. The Morgan fingerprint density at radius 3 is 2.50 bits per heavy atom. The molecule has 3 nitrogen and oxygen atoms in total. The molecule has 0 aromatic carbocycles. The van der Waals surface area contributed by atoms with Gasteiger partial charge in [0.1, 0.15) is 0 Å². The highest BCUT2D eigenvalue weighted by molar-refractivity contribution is 7.80. The van der Waals surface area contributed by atoms with E-state index in [1.807, 2.05) is 0 Å². The van der Waals surface area contributed by atoms with Crippen LogP contribution in [0.15, 0.2) is 0 Å². The first-order valence-corrected chi connectivity index (χ1v) is 3.43. The number of thiol groups is 1. The van der Waals surface area contributed by atoms with Crippen molar-refractivity contribution in [2.45, 2.75) is 13.8 Å². The maximum absolute atomic E-state index is 10.8. The minimum atomic E-state index is -0.677. The lowest BCUT2D eigenvalue weighted by Crippen LogP contribution is -2.27. The van der Waals surface area contributed by atoms with E-state index in [1.165, 1.54) is 0 Å². The number of rotatable bonds is 3. The van der Waals surface area contributed by atoms with Crippen molar-refractivity contribution in [2.24, 2.45) is 5.41 Å². The summed E-state index contributed by atoms with van der Waals surface area (Å²) in [4.78, 5) is 20.5. The molecule has 0 heterocycles. The van der Waals surface area contributed by atoms with Crippen LogP contribution in [0.3, 0.4) is 0 Å². The average Bonchev–Trinajstić information content (AvgIpc) is 1.89. The van der Waals surface area contributed by atoms with Gasteiger partial charge in [0, 0.05) is 5.75 Å². The molecule has 0 aromatic heterocycles. The quantitative estimate of drug-likeness (QED) is 0.287. The van der Waals surface area contributed by atoms with Gasteiger partial charge in [-0.15, -0.1) is 0 Å². The normalized spacial score (nSPS) is 10.7. The molecule has 0 saturated heterocycles. The van der Waals surface area contributed by atoms with Crippen LogP contribution in [0.2, 0.25) is 0 Å². The van der Waals surface area contributed by atoms with Crippen LogP contribution >= 0.6 is 12.6 Å². The van der Waals surface area contributed by atoms with Crippen molar-refractivity contribution in [1.82, 2.24) is 0 Å². The smallest absolute Gasteiger partial charge is 0.319 e. The zero-order valence-corrected chi connectivity index (χ0v) is 6.85. The van der Waals surface area contributed by atoms with E-state index in [0.717, 1.165) is 0 Å². The van der Waals surface area contributed by atoms with Crippen LogP contribution in [-0.4, -0.2) is 18.2 Å². The van der Waals surface area contributed by atoms with Gasteiger partial charge in [-0.1, -0.05) is 0 Å². The van der Waals surface area contributed by atoms with E-state index >= 15 is 0 Å². The molecule has 0 bridgehead atoms. The standard InChI is InChI=1S/C6H10O3S/c1-6(2,3-10)5(8)9-4-7/h4,10H,3H2,1-2H3. The highest BCUT2D eigenvalue weighted by Crippen LogP contribution is 2.17. The van der Waals surface area contributed by atoms with Crippen LogP contribution in [0.25, 0.3) is 0 Å². The summed E-state index contributed by atoms with van der Waals surface area (Å²) in [6, 6.07) is 0. The Bertz CT molecular complexity index is 142. The van der Waals surface area contributed by atoms with Gasteiger partial charge in [0.2, 0.25) is 0 Å². The van der Waals surface area contributed by atoms with Crippen molar-refractivity contribution in [1.29, 1.82) is 0 Å². The number of carbonyl (C=O) groups excluding carboxylic acids is 2. The van der Waals surface area contributed by atoms with Crippen LogP contribution in [0.1, 0.15) is 13.8 Å². The molecule has 4 heteroatoms. The molecule has 0 aliphatic rings. The Hall–Kier alpha value is -0.510. The second kappa shape index (κ2) is 3.61. The number of esters is 1. The van der Waals surface area contributed by atoms with Crippen LogP contribution < -0.4 is 0 Å². The van der Waals surface area contributed by atoms with Crippen LogP contribution in [-0.2, 0) is 14.3 Å². The molecular weight excluding hydrogens is 152 g/mol. The van der Waals surface area contributed by atoms with Crippen molar-refractivity contribution in [3.8, 4) is 0 Å². The number of hydrogen-bond acceptors (Lipinski definition) is 4. The van der Waals surface area contributed by atoms with Crippen molar-refractivity contribution < 1.29 is 14.3 Å². The third-order valence-corrected chi connectivity index (χ3v) is 1.89. The molecule has 0 aliphatic carbocycles. The van der Waals surface area contributed by atoms with Gasteiger partial charge >= 0.3 is 12.4 Å². The first kappa shape index (κ1) is 9.49.